The molecule has 0 saturated carbocycles. The Labute approximate surface area is 268 Å². The maximum absolute atomic E-state index is 6.89. The van der Waals surface area contributed by atoms with E-state index in [2.05, 4.69) is 67.6 Å². The van der Waals surface area contributed by atoms with E-state index < -0.39 is 5.79 Å². The molecule has 2 aliphatic heterocycles. The summed E-state index contributed by atoms with van der Waals surface area (Å²) in [5, 5.41) is 1.18. The molecule has 3 heterocycles. The molecule has 0 amide bonds. The summed E-state index contributed by atoms with van der Waals surface area (Å²) in [5.74, 6) is -0.891. The van der Waals surface area contributed by atoms with Crippen LogP contribution >= 0.6 is 22.9 Å². The molecule has 5 aromatic rings. The maximum atomic E-state index is 6.89. The smallest absolute Gasteiger partial charge is 0.198 e. The number of ether oxygens (including phenoxy) is 4. The summed E-state index contributed by atoms with van der Waals surface area (Å²) < 4.78 is 28.2. The summed E-state index contributed by atoms with van der Waals surface area (Å²) >= 11 is 8.54. The van der Waals surface area contributed by atoms with Gasteiger partial charge in [0.15, 0.2) is 5.79 Å². The molecule has 1 aromatic heterocycles. The van der Waals surface area contributed by atoms with Crippen molar-refractivity contribution in [3.05, 3.63) is 140 Å². The van der Waals surface area contributed by atoms with Crippen LogP contribution in [0.15, 0.2) is 97.1 Å². The quantitative estimate of drug-likeness (QED) is 0.155. The van der Waals surface area contributed by atoms with Crippen molar-refractivity contribution in [1.29, 1.82) is 0 Å². The zero-order chi connectivity index (χ0) is 29.9. The minimum Gasteiger partial charge on any atom is -0.374 e. The molecule has 0 aliphatic carbocycles. The van der Waals surface area contributed by atoms with Crippen molar-refractivity contribution in [2.75, 3.05) is 6.61 Å². The average Bonchev–Trinajstić information content (AvgIpc) is 3.55. The molecule has 7 rings (SSSR count). The first-order valence-corrected chi connectivity index (χ1v) is 16.7. The predicted molar refractivity (Wildman–Crippen MR) is 177 cm³/mol. The van der Waals surface area contributed by atoms with Crippen LogP contribution < -0.4 is 0 Å². The van der Waals surface area contributed by atoms with Crippen LogP contribution in [0.4, 0.5) is 0 Å². The summed E-state index contributed by atoms with van der Waals surface area (Å²) in [6, 6.07) is 34.0. The lowest BCUT2D eigenvalue weighted by Gasteiger charge is -2.42. The van der Waals surface area contributed by atoms with Gasteiger partial charge in [0, 0.05) is 29.5 Å². The highest BCUT2D eigenvalue weighted by Gasteiger charge is 2.49. The molecule has 2 aliphatic rings. The summed E-state index contributed by atoms with van der Waals surface area (Å²) in [7, 11) is 0. The van der Waals surface area contributed by atoms with Crippen molar-refractivity contribution < 1.29 is 18.9 Å². The highest BCUT2D eigenvalue weighted by molar-refractivity contribution is 7.23. The molecule has 0 bridgehead atoms. The van der Waals surface area contributed by atoms with Gasteiger partial charge in [-0.25, -0.2) is 0 Å². The van der Waals surface area contributed by atoms with Crippen LogP contribution in [0.1, 0.15) is 58.7 Å². The minimum absolute atomic E-state index is 0.0430. The maximum Gasteiger partial charge on any atom is 0.198 e. The molecule has 0 radical (unpaired) electrons. The molecule has 3 atom stereocenters. The number of rotatable bonds is 10. The Bertz CT molecular complexity index is 1700. The van der Waals surface area contributed by atoms with E-state index in [1.165, 1.54) is 21.2 Å². The molecule has 44 heavy (non-hydrogen) atoms. The zero-order valence-electron chi connectivity index (χ0n) is 25.0. The van der Waals surface area contributed by atoms with Gasteiger partial charge in [-0.2, -0.15) is 0 Å². The van der Waals surface area contributed by atoms with Crippen molar-refractivity contribution in [2.45, 2.75) is 70.4 Å². The highest BCUT2D eigenvalue weighted by atomic mass is 35.5. The fourth-order valence-electron chi connectivity index (χ4n) is 6.42. The molecule has 1 saturated heterocycles. The lowest BCUT2D eigenvalue weighted by molar-refractivity contribution is -0.309. The van der Waals surface area contributed by atoms with Crippen LogP contribution in [-0.2, 0) is 57.4 Å². The van der Waals surface area contributed by atoms with Crippen molar-refractivity contribution in [3.63, 3.8) is 0 Å². The average molecular weight is 625 g/mol. The van der Waals surface area contributed by atoms with E-state index in [-0.39, 0.29) is 12.2 Å². The first-order chi connectivity index (χ1) is 21.6. The van der Waals surface area contributed by atoms with Gasteiger partial charge in [-0.15, -0.1) is 11.3 Å². The largest absolute Gasteiger partial charge is 0.374 e. The second kappa shape index (κ2) is 13.1. The molecular formula is C38H37ClO4S. The molecule has 4 nitrogen and oxygen atoms in total. The number of halogens is 1. The summed E-state index contributed by atoms with van der Waals surface area (Å²) in [5.41, 5.74) is 8.30. The number of thiophene rings is 1. The van der Waals surface area contributed by atoms with E-state index in [1.807, 2.05) is 36.4 Å². The van der Waals surface area contributed by atoms with Crippen LogP contribution in [0.5, 0.6) is 0 Å². The highest BCUT2D eigenvalue weighted by Crippen LogP contribution is 2.49. The fraction of sp³-hybridized carbons (Fsp3) is 0.316. The van der Waals surface area contributed by atoms with Gasteiger partial charge in [0.25, 0.3) is 0 Å². The molecular weight excluding hydrogens is 588 g/mol. The van der Waals surface area contributed by atoms with Gasteiger partial charge >= 0.3 is 0 Å². The summed E-state index contributed by atoms with van der Waals surface area (Å²) in [6.07, 6.45) is 2.98. The molecule has 226 valence electrons. The van der Waals surface area contributed by atoms with E-state index in [0.29, 0.717) is 32.8 Å². The third kappa shape index (κ3) is 6.36. The van der Waals surface area contributed by atoms with Crippen molar-refractivity contribution >= 4 is 33.0 Å². The second-order valence-electron chi connectivity index (χ2n) is 11.8. The Morgan fingerprint density at radius 1 is 0.864 bits per heavy atom. The number of hydrogen-bond donors (Lipinski definition) is 0. The normalized spacial score (nSPS) is 21.2. The number of benzene rings is 4. The first-order valence-electron chi connectivity index (χ1n) is 15.5. The Hall–Kier alpha value is -3.03. The minimum atomic E-state index is -0.891. The molecule has 0 unspecified atom stereocenters. The zero-order valence-corrected chi connectivity index (χ0v) is 26.5. The second-order valence-corrected chi connectivity index (χ2v) is 13.5. The van der Waals surface area contributed by atoms with Gasteiger partial charge in [0.05, 0.1) is 43.0 Å². The molecule has 0 N–H and O–H groups in total. The molecule has 1 spiro atoms. The third-order valence-electron chi connectivity index (χ3n) is 8.77. The van der Waals surface area contributed by atoms with Gasteiger partial charge in [-0.1, -0.05) is 103 Å². The Morgan fingerprint density at radius 3 is 2.30 bits per heavy atom. The number of aryl methyl sites for hydroxylation is 1. The van der Waals surface area contributed by atoms with Gasteiger partial charge in [0.2, 0.25) is 0 Å². The first kappa shape index (κ1) is 29.7. The van der Waals surface area contributed by atoms with E-state index >= 15 is 0 Å². The summed E-state index contributed by atoms with van der Waals surface area (Å²) in [6.45, 7) is 4.23. The van der Waals surface area contributed by atoms with Crippen LogP contribution in [0.25, 0.3) is 10.1 Å². The lowest BCUT2D eigenvalue weighted by atomic mass is 9.90. The van der Waals surface area contributed by atoms with Gasteiger partial charge in [-0.3, -0.25) is 0 Å². The Morgan fingerprint density at radius 2 is 1.57 bits per heavy atom. The van der Waals surface area contributed by atoms with Crippen molar-refractivity contribution in [3.8, 4) is 0 Å². The topological polar surface area (TPSA) is 36.9 Å². The van der Waals surface area contributed by atoms with E-state index in [0.717, 1.165) is 51.4 Å². The van der Waals surface area contributed by atoms with Crippen LogP contribution in [-0.4, -0.2) is 18.8 Å². The molecule has 6 heteroatoms. The monoisotopic (exact) mass is 624 g/mol. The van der Waals surface area contributed by atoms with E-state index in [1.54, 1.807) is 11.3 Å². The number of hydrogen-bond acceptors (Lipinski definition) is 5. The van der Waals surface area contributed by atoms with Crippen LogP contribution in [0.3, 0.4) is 0 Å². The van der Waals surface area contributed by atoms with Crippen LogP contribution in [0.2, 0.25) is 4.34 Å². The Kier molecular flexibility index (Phi) is 8.86. The van der Waals surface area contributed by atoms with Gasteiger partial charge in [0.1, 0.15) is 0 Å². The van der Waals surface area contributed by atoms with Crippen molar-refractivity contribution in [2.24, 2.45) is 0 Å². The SMILES string of the molecule is CCc1ccc(Cc2c(Cl)sc3cc4c(cc23)[C@]2(C[C@@H](OCc3ccccc3)C[C@@H](COCc3ccccc3)O2)OC4)cc1. The molecule has 1 fully saturated rings. The third-order valence-corrected chi connectivity index (χ3v) is 10.2. The van der Waals surface area contributed by atoms with Crippen molar-refractivity contribution in [1.82, 2.24) is 0 Å². The standard InChI is InChI=1S/C38H37ClO4S/c1-2-26-13-15-27(16-14-26)17-34-33-20-35-30(18-36(33)44-37(34)39)24-42-38(35)21-31(41-23-29-11-7-4-8-12-29)19-32(43-38)25-40-22-28-9-5-3-6-10-28/h3-16,18,20,31-32H,2,17,19,21-25H2,1H3/t31-,32-,38+/m0/s1. The van der Waals surface area contributed by atoms with Gasteiger partial charge in [-0.05, 0) is 57.3 Å². The summed E-state index contributed by atoms with van der Waals surface area (Å²) in [4.78, 5) is 0. The van der Waals surface area contributed by atoms with E-state index in [9.17, 15) is 0 Å². The van der Waals surface area contributed by atoms with E-state index in [4.69, 9.17) is 30.5 Å². The molecule has 4 aromatic carbocycles. The lowest BCUT2D eigenvalue weighted by Crippen LogP contribution is -2.46. The number of fused-ring (bicyclic) bond motifs is 3. The Balaban J connectivity index is 1.17. The fourth-order valence-corrected chi connectivity index (χ4v) is 7.83. The predicted octanol–water partition coefficient (Wildman–Crippen LogP) is 9.37. The van der Waals surface area contributed by atoms with Crippen LogP contribution in [0, 0.1) is 0 Å². The van der Waals surface area contributed by atoms with Gasteiger partial charge < -0.3 is 18.9 Å².